The second-order valence-corrected chi connectivity index (χ2v) is 10.6. The summed E-state index contributed by atoms with van der Waals surface area (Å²) in [6, 6.07) is 11.6. The Kier molecular flexibility index (Phi) is 7.05. The van der Waals surface area contributed by atoms with E-state index < -0.39 is 0 Å². The summed E-state index contributed by atoms with van der Waals surface area (Å²) >= 11 is 3.03. The number of carbonyl (C=O) groups is 2. The summed E-state index contributed by atoms with van der Waals surface area (Å²) in [4.78, 5) is 36.4. The lowest BCUT2D eigenvalue weighted by Crippen LogP contribution is -2.46. The molecule has 0 saturated carbocycles. The van der Waals surface area contributed by atoms with E-state index in [1.807, 2.05) is 59.0 Å². The maximum atomic E-state index is 13.5. The number of hydrogen-bond acceptors (Lipinski definition) is 7. The third-order valence-corrected chi connectivity index (χ3v) is 8.10. The minimum atomic E-state index is -0.357. The van der Waals surface area contributed by atoms with E-state index in [1.54, 1.807) is 11.3 Å². The van der Waals surface area contributed by atoms with Gasteiger partial charge in [-0.3, -0.25) is 14.5 Å². The van der Waals surface area contributed by atoms with E-state index in [0.29, 0.717) is 18.0 Å². The zero-order valence-corrected chi connectivity index (χ0v) is 20.7. The molecule has 2 aromatic heterocycles. The van der Waals surface area contributed by atoms with Crippen molar-refractivity contribution >= 4 is 45.3 Å². The fourth-order valence-corrected chi connectivity index (χ4v) is 6.17. The molecule has 2 aliphatic rings. The summed E-state index contributed by atoms with van der Waals surface area (Å²) < 4.78 is 5.41. The molecule has 9 heteroatoms. The van der Waals surface area contributed by atoms with E-state index in [-0.39, 0.29) is 23.8 Å². The number of nitrogens with zero attached hydrogens (tertiary/aromatic N) is 3. The predicted molar refractivity (Wildman–Crippen MR) is 135 cm³/mol. The van der Waals surface area contributed by atoms with Gasteiger partial charge in [0, 0.05) is 42.0 Å². The van der Waals surface area contributed by atoms with E-state index in [1.165, 1.54) is 11.3 Å². The van der Waals surface area contributed by atoms with Gasteiger partial charge in [-0.15, -0.1) is 22.7 Å². The fraction of sp³-hybridized carbons (Fsp3) is 0.400. The summed E-state index contributed by atoms with van der Waals surface area (Å²) in [5.41, 5.74) is 2.91. The Morgan fingerprint density at radius 3 is 2.71 bits per heavy atom. The molecule has 0 spiro atoms. The van der Waals surface area contributed by atoms with Crippen LogP contribution >= 0.6 is 22.7 Å². The van der Waals surface area contributed by atoms with Gasteiger partial charge >= 0.3 is 0 Å². The van der Waals surface area contributed by atoms with Crippen LogP contribution in [-0.4, -0.2) is 48.0 Å². The first-order valence-corrected chi connectivity index (χ1v) is 13.3. The number of benzene rings is 1. The average Bonchev–Trinajstić information content (AvgIpc) is 3.53. The smallest absolute Gasteiger partial charge is 0.231 e. The quantitative estimate of drug-likeness (QED) is 0.545. The monoisotopic (exact) mass is 496 g/mol. The molecule has 0 unspecified atom stereocenters. The number of hydrogen-bond donors (Lipinski definition) is 1. The standard InChI is InChI=1S/C25H28N4O3S2/c1-17-4-6-19(7-5-17)29-22(30)9-8-20(23(29)21-3-2-14-33-21)24(31)27-25-26-18(16-34-25)15-28-10-12-32-13-11-28/h2-7,14,16,20,23H,8-13,15H2,1H3,(H,26,27,31)/t20-,23-/m0/s1. The van der Waals surface area contributed by atoms with Crippen molar-refractivity contribution in [1.82, 2.24) is 9.88 Å². The third-order valence-electron chi connectivity index (χ3n) is 6.35. The van der Waals surface area contributed by atoms with Crippen LogP contribution < -0.4 is 10.2 Å². The first-order chi connectivity index (χ1) is 16.6. The summed E-state index contributed by atoms with van der Waals surface area (Å²) in [6.45, 7) is 6.06. The lowest BCUT2D eigenvalue weighted by molar-refractivity contribution is -0.125. The fourth-order valence-electron chi connectivity index (χ4n) is 4.59. The van der Waals surface area contributed by atoms with E-state index in [0.717, 1.165) is 54.7 Å². The number of anilines is 2. The van der Waals surface area contributed by atoms with Gasteiger partial charge in [0.05, 0.1) is 30.9 Å². The van der Waals surface area contributed by atoms with Gasteiger partial charge in [-0.25, -0.2) is 4.98 Å². The number of nitrogens with one attached hydrogen (secondary N) is 1. The van der Waals surface area contributed by atoms with Gasteiger partial charge in [0.25, 0.3) is 0 Å². The third kappa shape index (κ3) is 5.07. The van der Waals surface area contributed by atoms with Crippen molar-refractivity contribution in [3.8, 4) is 0 Å². The summed E-state index contributed by atoms with van der Waals surface area (Å²) in [5, 5.41) is 7.66. The molecule has 178 valence electrons. The molecular formula is C25H28N4O3S2. The van der Waals surface area contributed by atoms with Crippen LogP contribution in [0.15, 0.2) is 47.2 Å². The molecule has 1 aromatic carbocycles. The van der Waals surface area contributed by atoms with Crippen molar-refractivity contribution in [2.45, 2.75) is 32.4 Å². The van der Waals surface area contributed by atoms with Crippen LogP contribution in [0.25, 0.3) is 0 Å². The molecule has 0 aliphatic carbocycles. The Labute approximate surface area is 207 Å². The van der Waals surface area contributed by atoms with Gasteiger partial charge in [0.2, 0.25) is 11.8 Å². The number of morpholine rings is 1. The van der Waals surface area contributed by atoms with Crippen molar-refractivity contribution in [1.29, 1.82) is 0 Å². The molecule has 2 amide bonds. The Balaban J connectivity index is 1.35. The molecule has 4 heterocycles. The number of carbonyl (C=O) groups excluding carboxylic acids is 2. The van der Waals surface area contributed by atoms with E-state index in [2.05, 4.69) is 15.2 Å². The number of amides is 2. The van der Waals surface area contributed by atoms with Crippen LogP contribution in [0.5, 0.6) is 0 Å². The van der Waals surface area contributed by atoms with Crippen LogP contribution in [0.3, 0.4) is 0 Å². The van der Waals surface area contributed by atoms with Gasteiger partial charge in [-0.05, 0) is 36.9 Å². The summed E-state index contributed by atoms with van der Waals surface area (Å²) in [6.07, 6.45) is 0.857. The minimum absolute atomic E-state index is 0.0494. The largest absolute Gasteiger partial charge is 0.379 e. The molecule has 3 aromatic rings. The zero-order chi connectivity index (χ0) is 23.5. The van der Waals surface area contributed by atoms with Crippen molar-refractivity contribution < 1.29 is 14.3 Å². The topological polar surface area (TPSA) is 74.8 Å². The number of thiazole rings is 1. The van der Waals surface area contributed by atoms with Crippen molar-refractivity contribution in [3.05, 3.63) is 63.3 Å². The van der Waals surface area contributed by atoms with Gasteiger partial charge in [0.1, 0.15) is 0 Å². The molecule has 2 atom stereocenters. The highest BCUT2D eigenvalue weighted by Crippen LogP contribution is 2.42. The molecule has 1 N–H and O–H groups in total. The Morgan fingerprint density at radius 2 is 1.97 bits per heavy atom. The maximum absolute atomic E-state index is 13.5. The number of aryl methyl sites for hydroxylation is 1. The summed E-state index contributed by atoms with van der Waals surface area (Å²) in [7, 11) is 0. The maximum Gasteiger partial charge on any atom is 0.231 e. The molecule has 2 saturated heterocycles. The molecule has 7 nitrogen and oxygen atoms in total. The van der Waals surface area contributed by atoms with Crippen molar-refractivity contribution in [3.63, 3.8) is 0 Å². The van der Waals surface area contributed by atoms with Gasteiger partial charge < -0.3 is 15.0 Å². The van der Waals surface area contributed by atoms with Crippen molar-refractivity contribution in [2.75, 3.05) is 36.5 Å². The van der Waals surface area contributed by atoms with E-state index >= 15 is 0 Å². The molecule has 0 bridgehead atoms. The second-order valence-electron chi connectivity index (χ2n) is 8.73. The Bertz CT molecular complexity index is 1120. The van der Waals surface area contributed by atoms with Crippen LogP contribution in [0.1, 0.15) is 35.0 Å². The van der Waals surface area contributed by atoms with Gasteiger partial charge in [-0.2, -0.15) is 0 Å². The highest BCUT2D eigenvalue weighted by atomic mass is 32.1. The van der Waals surface area contributed by atoms with Crippen LogP contribution in [0, 0.1) is 12.8 Å². The molecule has 2 aliphatic heterocycles. The van der Waals surface area contributed by atoms with Crippen LogP contribution in [0.4, 0.5) is 10.8 Å². The van der Waals surface area contributed by atoms with Crippen LogP contribution in [-0.2, 0) is 20.9 Å². The molecule has 34 heavy (non-hydrogen) atoms. The minimum Gasteiger partial charge on any atom is -0.379 e. The first-order valence-electron chi connectivity index (χ1n) is 11.6. The molecule has 2 fully saturated rings. The Hall–Kier alpha value is -2.59. The highest BCUT2D eigenvalue weighted by Gasteiger charge is 2.42. The lowest BCUT2D eigenvalue weighted by atomic mass is 9.86. The SMILES string of the molecule is Cc1ccc(N2C(=O)CC[C@H](C(=O)Nc3nc(CN4CCOCC4)cs3)[C@H]2c2cccs2)cc1. The first kappa shape index (κ1) is 23.2. The van der Waals surface area contributed by atoms with Gasteiger partial charge in [-0.1, -0.05) is 23.8 Å². The average molecular weight is 497 g/mol. The zero-order valence-electron chi connectivity index (χ0n) is 19.1. The van der Waals surface area contributed by atoms with Gasteiger partial charge in [0.15, 0.2) is 5.13 Å². The van der Waals surface area contributed by atoms with E-state index in [4.69, 9.17) is 4.74 Å². The number of piperidine rings is 1. The Morgan fingerprint density at radius 1 is 1.18 bits per heavy atom. The van der Waals surface area contributed by atoms with E-state index in [9.17, 15) is 9.59 Å². The number of ether oxygens (including phenoxy) is 1. The number of rotatable bonds is 6. The second kappa shape index (κ2) is 10.4. The highest BCUT2D eigenvalue weighted by molar-refractivity contribution is 7.14. The van der Waals surface area contributed by atoms with Crippen LogP contribution in [0.2, 0.25) is 0 Å². The lowest BCUT2D eigenvalue weighted by Gasteiger charge is -2.40. The normalized spacial score (nSPS) is 21.6. The summed E-state index contributed by atoms with van der Waals surface area (Å²) in [5.74, 6) is -0.395. The molecular weight excluding hydrogens is 468 g/mol. The molecule has 0 radical (unpaired) electrons. The number of aromatic nitrogens is 1. The predicted octanol–water partition coefficient (Wildman–Crippen LogP) is 4.47. The number of thiophene rings is 1. The molecule has 5 rings (SSSR count). The van der Waals surface area contributed by atoms with Crippen molar-refractivity contribution in [2.24, 2.45) is 5.92 Å².